The fourth-order valence-electron chi connectivity index (χ4n) is 3.11. The van der Waals surface area contributed by atoms with E-state index >= 15 is 0 Å². The first kappa shape index (κ1) is 18.8. The number of rotatable bonds is 4. The summed E-state index contributed by atoms with van der Waals surface area (Å²) < 4.78 is 13.9. The predicted octanol–water partition coefficient (Wildman–Crippen LogP) is 3.51. The molecule has 1 aliphatic heterocycles. The molecule has 1 aromatic carbocycles. The maximum Gasteiger partial charge on any atom is 0.321 e. The smallest absolute Gasteiger partial charge is 0.321 e. The average molecular weight is 370 g/mol. The molecule has 7 heteroatoms. The number of nitrogens with one attached hydrogen (secondary N) is 2. The molecule has 0 bridgehead atoms. The third-order valence-electron chi connectivity index (χ3n) is 4.77. The summed E-state index contributed by atoms with van der Waals surface area (Å²) in [5.41, 5.74) is 3.45. The lowest BCUT2D eigenvalue weighted by Crippen LogP contribution is -2.39. The van der Waals surface area contributed by atoms with E-state index in [-0.39, 0.29) is 23.7 Å². The molecular formula is C20H23FN4O2. The lowest BCUT2D eigenvalue weighted by atomic mass is 10.0. The molecule has 0 unspecified atom stereocenters. The van der Waals surface area contributed by atoms with Crippen molar-refractivity contribution >= 4 is 23.3 Å². The summed E-state index contributed by atoms with van der Waals surface area (Å²) >= 11 is 0. The molecule has 1 aliphatic rings. The van der Waals surface area contributed by atoms with Gasteiger partial charge < -0.3 is 15.5 Å². The van der Waals surface area contributed by atoms with Crippen LogP contribution in [0.2, 0.25) is 0 Å². The van der Waals surface area contributed by atoms with Crippen LogP contribution in [0.3, 0.4) is 0 Å². The molecule has 0 aliphatic carbocycles. The number of benzene rings is 1. The Labute approximate surface area is 157 Å². The van der Waals surface area contributed by atoms with Crippen molar-refractivity contribution in [3.05, 3.63) is 53.1 Å². The summed E-state index contributed by atoms with van der Waals surface area (Å²) in [7, 11) is 1.68. The first-order valence-electron chi connectivity index (χ1n) is 8.91. The number of halogens is 1. The van der Waals surface area contributed by atoms with Gasteiger partial charge >= 0.3 is 6.03 Å². The monoisotopic (exact) mass is 370 g/mol. The minimum Gasteiger partial charge on any atom is -0.324 e. The third-order valence-corrected chi connectivity index (χ3v) is 4.77. The van der Waals surface area contributed by atoms with Crippen LogP contribution in [0.15, 0.2) is 30.5 Å². The molecule has 0 radical (unpaired) electrons. The summed E-state index contributed by atoms with van der Waals surface area (Å²) in [6.45, 7) is 3.92. The van der Waals surface area contributed by atoms with Crippen LogP contribution < -0.4 is 10.6 Å². The molecule has 3 rings (SSSR count). The third kappa shape index (κ3) is 4.42. The normalized spacial score (nSPS) is 14.1. The first-order valence-corrected chi connectivity index (χ1v) is 8.91. The van der Waals surface area contributed by atoms with E-state index in [9.17, 15) is 14.0 Å². The van der Waals surface area contributed by atoms with Crippen molar-refractivity contribution in [2.75, 3.05) is 17.7 Å². The highest BCUT2D eigenvalue weighted by atomic mass is 19.1. The van der Waals surface area contributed by atoms with Gasteiger partial charge in [-0.25, -0.2) is 9.18 Å². The van der Waals surface area contributed by atoms with Crippen LogP contribution >= 0.6 is 0 Å². The fourth-order valence-corrected chi connectivity index (χ4v) is 3.11. The number of hydrogen-bond donors (Lipinski definition) is 2. The maximum atomic E-state index is 13.9. The van der Waals surface area contributed by atoms with E-state index in [1.54, 1.807) is 18.1 Å². The Kier molecular flexibility index (Phi) is 5.39. The summed E-state index contributed by atoms with van der Waals surface area (Å²) in [4.78, 5) is 30.2. The molecule has 2 heterocycles. The van der Waals surface area contributed by atoms with E-state index in [2.05, 4.69) is 15.6 Å². The minimum atomic E-state index is -0.445. The van der Waals surface area contributed by atoms with Gasteiger partial charge in [-0.2, -0.15) is 0 Å². The van der Waals surface area contributed by atoms with Gasteiger partial charge in [0.05, 0.1) is 11.4 Å². The van der Waals surface area contributed by atoms with E-state index in [0.717, 1.165) is 11.3 Å². The summed E-state index contributed by atoms with van der Waals surface area (Å²) in [6, 6.07) is 6.04. The van der Waals surface area contributed by atoms with Crippen molar-refractivity contribution in [3.8, 4) is 0 Å². The Hall–Kier alpha value is -2.96. The number of aromatic nitrogens is 1. The molecule has 1 aromatic heterocycles. The lowest BCUT2D eigenvalue weighted by Gasteiger charge is -2.27. The van der Waals surface area contributed by atoms with E-state index in [0.29, 0.717) is 30.5 Å². The number of aryl methyl sites for hydroxylation is 2. The van der Waals surface area contributed by atoms with Crippen molar-refractivity contribution in [1.82, 2.24) is 9.88 Å². The Bertz CT molecular complexity index is 884. The second-order valence-corrected chi connectivity index (χ2v) is 6.95. The van der Waals surface area contributed by atoms with Crippen LogP contribution in [0.1, 0.15) is 30.2 Å². The zero-order valence-electron chi connectivity index (χ0n) is 15.7. The van der Waals surface area contributed by atoms with Crippen LogP contribution in [0.5, 0.6) is 0 Å². The van der Waals surface area contributed by atoms with Gasteiger partial charge in [-0.05, 0) is 55.7 Å². The predicted molar refractivity (Wildman–Crippen MR) is 102 cm³/mol. The molecule has 0 saturated heterocycles. The second-order valence-electron chi connectivity index (χ2n) is 6.95. The zero-order chi connectivity index (χ0) is 19.6. The Balaban J connectivity index is 1.73. The number of anilines is 2. The molecule has 2 aromatic rings. The van der Waals surface area contributed by atoms with E-state index in [1.807, 2.05) is 26.0 Å². The second kappa shape index (κ2) is 7.73. The number of likely N-dealkylation sites (N-methyl/N-ethyl adjacent to an activating group) is 1. The standard InChI is InChI=1S/C20H23FN4O2/c1-12-6-7-22-16(8-12)9-13(2)25(3)20(27)23-17-11-15(21)10-14-4-5-18(26)24-19(14)17/h6-8,10-11,13H,4-5,9H2,1-3H3,(H,23,27)(H,24,26)/t13-/m1/s1. The van der Waals surface area contributed by atoms with Gasteiger partial charge in [-0.3, -0.25) is 9.78 Å². The van der Waals surface area contributed by atoms with E-state index in [1.165, 1.54) is 12.1 Å². The molecule has 2 N–H and O–H groups in total. The van der Waals surface area contributed by atoms with Crippen molar-refractivity contribution in [1.29, 1.82) is 0 Å². The van der Waals surface area contributed by atoms with Crippen molar-refractivity contribution in [2.45, 2.75) is 39.2 Å². The quantitative estimate of drug-likeness (QED) is 0.865. The summed E-state index contributed by atoms with van der Waals surface area (Å²) in [5.74, 6) is -0.586. The number of urea groups is 1. The number of pyridine rings is 1. The van der Waals surface area contributed by atoms with Gasteiger partial charge in [0.25, 0.3) is 0 Å². The highest BCUT2D eigenvalue weighted by molar-refractivity contribution is 6.01. The average Bonchev–Trinajstić information content (AvgIpc) is 2.61. The molecule has 27 heavy (non-hydrogen) atoms. The molecule has 0 spiro atoms. The minimum absolute atomic E-state index is 0.113. The number of hydrogen-bond acceptors (Lipinski definition) is 3. The maximum absolute atomic E-state index is 13.9. The highest BCUT2D eigenvalue weighted by Crippen LogP contribution is 2.32. The summed E-state index contributed by atoms with van der Waals surface area (Å²) in [5, 5.41) is 5.45. The van der Waals surface area contributed by atoms with Gasteiger partial charge in [-0.1, -0.05) is 0 Å². The van der Waals surface area contributed by atoms with Crippen LogP contribution in [-0.2, 0) is 17.6 Å². The zero-order valence-corrected chi connectivity index (χ0v) is 15.7. The molecule has 0 fully saturated rings. The van der Waals surface area contributed by atoms with Crippen molar-refractivity contribution in [2.24, 2.45) is 0 Å². The van der Waals surface area contributed by atoms with Crippen molar-refractivity contribution in [3.63, 3.8) is 0 Å². The van der Waals surface area contributed by atoms with Crippen LogP contribution in [0.4, 0.5) is 20.6 Å². The molecule has 3 amide bonds. The number of carbonyl (C=O) groups excluding carboxylic acids is 2. The molecule has 142 valence electrons. The van der Waals surface area contributed by atoms with E-state index in [4.69, 9.17) is 0 Å². The van der Waals surface area contributed by atoms with Crippen LogP contribution in [0.25, 0.3) is 0 Å². The summed E-state index contributed by atoms with van der Waals surface area (Å²) in [6.07, 6.45) is 3.11. The van der Waals surface area contributed by atoms with E-state index < -0.39 is 5.82 Å². The van der Waals surface area contributed by atoms with Gasteiger partial charge in [0, 0.05) is 37.8 Å². The van der Waals surface area contributed by atoms with Gasteiger partial charge in [0.1, 0.15) is 5.82 Å². The Morgan fingerprint density at radius 2 is 2.15 bits per heavy atom. The van der Waals surface area contributed by atoms with Gasteiger partial charge in [-0.15, -0.1) is 0 Å². The molecule has 1 atom stereocenters. The highest BCUT2D eigenvalue weighted by Gasteiger charge is 2.23. The fraction of sp³-hybridized carbons (Fsp3) is 0.350. The lowest BCUT2D eigenvalue weighted by molar-refractivity contribution is -0.116. The SMILES string of the molecule is Cc1ccnc(C[C@@H](C)N(C)C(=O)Nc2cc(F)cc3c2NC(=O)CC3)c1. The van der Waals surface area contributed by atoms with Gasteiger partial charge in [0.2, 0.25) is 5.91 Å². The van der Waals surface area contributed by atoms with Crippen molar-refractivity contribution < 1.29 is 14.0 Å². The molecular weight excluding hydrogens is 347 g/mol. The number of fused-ring (bicyclic) bond motifs is 1. The molecule has 0 saturated carbocycles. The Morgan fingerprint density at radius 3 is 2.89 bits per heavy atom. The topological polar surface area (TPSA) is 74.3 Å². The number of carbonyl (C=O) groups is 2. The van der Waals surface area contributed by atoms with Crippen LogP contribution in [0, 0.1) is 12.7 Å². The first-order chi connectivity index (χ1) is 12.8. The largest absolute Gasteiger partial charge is 0.324 e. The number of amides is 3. The molecule has 6 nitrogen and oxygen atoms in total. The number of nitrogens with zero attached hydrogens (tertiary/aromatic N) is 2. The van der Waals surface area contributed by atoms with Gasteiger partial charge in [0.15, 0.2) is 0 Å². The van der Waals surface area contributed by atoms with Crippen LogP contribution in [-0.4, -0.2) is 34.9 Å². The Morgan fingerprint density at radius 1 is 1.37 bits per heavy atom.